The molecular formula is C11H18ClN3O. The first-order valence-electron chi connectivity index (χ1n) is 6.00. The Kier molecular flexibility index (Phi) is 4.18. The van der Waals surface area contributed by atoms with Crippen LogP contribution in [-0.4, -0.2) is 27.5 Å². The minimum Gasteiger partial charge on any atom is -0.378 e. The van der Waals surface area contributed by atoms with Crippen molar-refractivity contribution in [1.29, 1.82) is 0 Å². The Hall–Kier alpha value is -0.610. The van der Waals surface area contributed by atoms with Crippen molar-refractivity contribution in [3.05, 3.63) is 11.1 Å². The highest BCUT2D eigenvalue weighted by Gasteiger charge is 2.17. The summed E-state index contributed by atoms with van der Waals surface area (Å²) in [6.45, 7) is 3.90. The summed E-state index contributed by atoms with van der Waals surface area (Å²) >= 11 is 6.01. The van der Waals surface area contributed by atoms with Crippen molar-refractivity contribution in [3.63, 3.8) is 0 Å². The van der Waals surface area contributed by atoms with Gasteiger partial charge in [-0.2, -0.15) is 0 Å². The first-order chi connectivity index (χ1) is 7.81. The van der Waals surface area contributed by atoms with E-state index in [4.69, 9.17) is 16.3 Å². The Balaban J connectivity index is 1.93. The van der Waals surface area contributed by atoms with Crippen LogP contribution in [0.5, 0.6) is 0 Å². The van der Waals surface area contributed by atoms with Crippen molar-refractivity contribution in [2.75, 3.05) is 6.61 Å². The number of aryl methyl sites for hydroxylation is 1. The molecule has 1 aromatic rings. The molecule has 0 aromatic carbocycles. The number of ether oxygens (including phenoxy) is 1. The van der Waals surface area contributed by atoms with Crippen LogP contribution < -0.4 is 0 Å². The van der Waals surface area contributed by atoms with Crippen molar-refractivity contribution in [2.45, 2.75) is 51.7 Å². The lowest BCUT2D eigenvalue weighted by atomic mass is 10.2. The van der Waals surface area contributed by atoms with E-state index in [0.717, 1.165) is 38.2 Å². The summed E-state index contributed by atoms with van der Waals surface area (Å²) in [4.78, 5) is 0. The second kappa shape index (κ2) is 5.64. The summed E-state index contributed by atoms with van der Waals surface area (Å²) in [5.74, 6) is 0.991. The molecule has 1 saturated heterocycles. The average Bonchev–Trinajstić information content (AvgIpc) is 2.88. The van der Waals surface area contributed by atoms with Crippen molar-refractivity contribution < 1.29 is 4.74 Å². The Morgan fingerprint density at radius 2 is 2.38 bits per heavy atom. The first-order valence-corrected chi connectivity index (χ1v) is 6.38. The zero-order valence-electron chi connectivity index (χ0n) is 9.65. The summed E-state index contributed by atoms with van der Waals surface area (Å²) in [5.41, 5.74) is 0. The molecule has 4 nitrogen and oxygen atoms in total. The standard InChI is InChI=1S/C11H18ClN3O/c1-2-4-10-13-14-11(12)15(10)7-6-9-5-3-8-16-9/h9H,2-8H2,1H3. The van der Waals surface area contributed by atoms with Gasteiger partial charge in [-0.25, -0.2) is 0 Å². The summed E-state index contributed by atoms with van der Waals surface area (Å²) in [7, 11) is 0. The van der Waals surface area contributed by atoms with Crippen LogP contribution in [0.25, 0.3) is 0 Å². The van der Waals surface area contributed by atoms with Crippen molar-refractivity contribution in [3.8, 4) is 0 Å². The van der Waals surface area contributed by atoms with Crippen LogP contribution in [0, 0.1) is 0 Å². The van der Waals surface area contributed by atoms with Crippen LogP contribution in [-0.2, 0) is 17.7 Å². The van der Waals surface area contributed by atoms with Crippen LogP contribution in [0.15, 0.2) is 0 Å². The zero-order chi connectivity index (χ0) is 11.4. The van der Waals surface area contributed by atoms with Gasteiger partial charge in [0, 0.05) is 19.6 Å². The van der Waals surface area contributed by atoms with E-state index >= 15 is 0 Å². The molecule has 2 rings (SSSR count). The number of aromatic nitrogens is 3. The molecule has 1 aromatic heterocycles. The predicted octanol–water partition coefficient (Wildman–Crippen LogP) is 2.45. The van der Waals surface area contributed by atoms with Crippen LogP contribution >= 0.6 is 11.6 Å². The third-order valence-corrected chi connectivity index (χ3v) is 3.23. The molecule has 0 radical (unpaired) electrons. The second-order valence-corrected chi connectivity index (χ2v) is 4.55. The minimum absolute atomic E-state index is 0.396. The topological polar surface area (TPSA) is 39.9 Å². The molecule has 16 heavy (non-hydrogen) atoms. The Morgan fingerprint density at radius 3 is 3.06 bits per heavy atom. The fourth-order valence-electron chi connectivity index (χ4n) is 2.09. The monoisotopic (exact) mass is 243 g/mol. The molecule has 90 valence electrons. The van der Waals surface area contributed by atoms with E-state index in [1.165, 1.54) is 12.8 Å². The number of hydrogen-bond donors (Lipinski definition) is 0. The number of nitrogens with zero attached hydrogens (tertiary/aromatic N) is 3. The molecule has 1 atom stereocenters. The normalized spacial score (nSPS) is 20.5. The van der Waals surface area contributed by atoms with E-state index in [0.29, 0.717) is 11.4 Å². The highest BCUT2D eigenvalue weighted by molar-refractivity contribution is 6.28. The fraction of sp³-hybridized carbons (Fsp3) is 0.818. The van der Waals surface area contributed by atoms with Gasteiger partial charge < -0.3 is 9.30 Å². The second-order valence-electron chi connectivity index (χ2n) is 4.21. The molecule has 0 spiro atoms. The molecular weight excluding hydrogens is 226 g/mol. The lowest BCUT2D eigenvalue weighted by Gasteiger charge is -2.11. The van der Waals surface area contributed by atoms with E-state index in [9.17, 15) is 0 Å². The Labute approximate surface area is 101 Å². The Morgan fingerprint density at radius 1 is 1.50 bits per heavy atom. The van der Waals surface area contributed by atoms with Crippen molar-refractivity contribution >= 4 is 11.6 Å². The van der Waals surface area contributed by atoms with Gasteiger partial charge in [-0.1, -0.05) is 6.92 Å². The van der Waals surface area contributed by atoms with Crippen LogP contribution in [0.3, 0.4) is 0 Å². The van der Waals surface area contributed by atoms with Gasteiger partial charge >= 0.3 is 0 Å². The molecule has 2 heterocycles. The van der Waals surface area contributed by atoms with Gasteiger partial charge in [0.15, 0.2) is 0 Å². The maximum absolute atomic E-state index is 6.01. The van der Waals surface area contributed by atoms with Crippen LogP contribution in [0.4, 0.5) is 0 Å². The smallest absolute Gasteiger partial charge is 0.225 e. The van der Waals surface area contributed by atoms with Gasteiger partial charge in [0.2, 0.25) is 5.28 Å². The molecule has 1 aliphatic heterocycles. The van der Waals surface area contributed by atoms with E-state index in [2.05, 4.69) is 17.1 Å². The first kappa shape index (κ1) is 11.9. The predicted molar refractivity (Wildman–Crippen MR) is 62.6 cm³/mol. The quantitative estimate of drug-likeness (QED) is 0.798. The molecule has 1 aliphatic rings. The third-order valence-electron chi connectivity index (χ3n) is 2.95. The van der Waals surface area contributed by atoms with Crippen LogP contribution in [0.2, 0.25) is 5.28 Å². The van der Waals surface area contributed by atoms with Crippen molar-refractivity contribution in [2.24, 2.45) is 0 Å². The van der Waals surface area contributed by atoms with Gasteiger partial charge in [0.1, 0.15) is 5.82 Å². The Bertz CT molecular complexity index is 334. The highest BCUT2D eigenvalue weighted by atomic mass is 35.5. The number of halogens is 1. The van der Waals surface area contributed by atoms with Gasteiger partial charge in [-0.05, 0) is 37.3 Å². The summed E-state index contributed by atoms with van der Waals surface area (Å²) in [6.07, 6.45) is 5.76. The lowest BCUT2D eigenvalue weighted by Crippen LogP contribution is -2.12. The average molecular weight is 244 g/mol. The van der Waals surface area contributed by atoms with Gasteiger partial charge in [0.05, 0.1) is 6.10 Å². The maximum Gasteiger partial charge on any atom is 0.225 e. The molecule has 0 amide bonds. The molecule has 0 bridgehead atoms. The molecule has 5 heteroatoms. The number of hydrogen-bond acceptors (Lipinski definition) is 3. The fourth-order valence-corrected chi connectivity index (χ4v) is 2.31. The van der Waals surface area contributed by atoms with E-state index in [1.54, 1.807) is 0 Å². The van der Waals surface area contributed by atoms with E-state index < -0.39 is 0 Å². The molecule has 1 unspecified atom stereocenters. The minimum atomic E-state index is 0.396. The van der Waals surface area contributed by atoms with E-state index in [1.807, 2.05) is 4.57 Å². The highest BCUT2D eigenvalue weighted by Crippen LogP contribution is 2.18. The van der Waals surface area contributed by atoms with Gasteiger partial charge in [-0.15, -0.1) is 10.2 Å². The summed E-state index contributed by atoms with van der Waals surface area (Å²) in [6, 6.07) is 0. The largest absolute Gasteiger partial charge is 0.378 e. The lowest BCUT2D eigenvalue weighted by molar-refractivity contribution is 0.100. The molecule has 1 fully saturated rings. The third kappa shape index (κ3) is 2.74. The number of rotatable bonds is 5. The zero-order valence-corrected chi connectivity index (χ0v) is 10.4. The SMILES string of the molecule is CCCc1nnc(Cl)n1CCC1CCCO1. The summed E-state index contributed by atoms with van der Waals surface area (Å²) in [5, 5.41) is 8.51. The molecule has 0 aliphatic carbocycles. The van der Waals surface area contributed by atoms with Gasteiger partial charge in [-0.3, -0.25) is 0 Å². The van der Waals surface area contributed by atoms with Crippen LogP contribution in [0.1, 0.15) is 38.4 Å². The van der Waals surface area contributed by atoms with Gasteiger partial charge in [0.25, 0.3) is 0 Å². The van der Waals surface area contributed by atoms with Crippen molar-refractivity contribution in [1.82, 2.24) is 14.8 Å². The maximum atomic E-state index is 6.01. The molecule has 0 N–H and O–H groups in total. The summed E-state index contributed by atoms with van der Waals surface area (Å²) < 4.78 is 7.60. The van der Waals surface area contributed by atoms with E-state index in [-0.39, 0.29) is 0 Å². The molecule has 0 saturated carbocycles.